The van der Waals surface area contributed by atoms with Crippen LogP contribution in [0.5, 0.6) is 0 Å². The molecule has 4 nitrogen and oxygen atoms in total. The summed E-state index contributed by atoms with van der Waals surface area (Å²) in [5.74, 6) is -1.02. The summed E-state index contributed by atoms with van der Waals surface area (Å²) in [4.78, 5) is 16.6. The summed E-state index contributed by atoms with van der Waals surface area (Å²) in [6, 6.07) is 27.4. The van der Waals surface area contributed by atoms with Crippen molar-refractivity contribution in [2.75, 3.05) is 0 Å². The molecular weight excluding hydrogens is 336 g/mol. The van der Waals surface area contributed by atoms with Crippen LogP contribution in [-0.2, 0) is 4.79 Å². The minimum Gasteiger partial charge on any atom is -0.289 e. The van der Waals surface area contributed by atoms with Gasteiger partial charge in [-0.15, -0.1) is 0 Å². The molecule has 4 heteroatoms. The fraction of sp³-hybridized carbons (Fsp3) is 0.0435. The quantitative estimate of drug-likeness (QED) is 0.418. The zero-order valence-electron chi connectivity index (χ0n) is 14.5. The molecule has 1 atom stereocenters. The molecule has 27 heavy (non-hydrogen) atoms. The summed E-state index contributed by atoms with van der Waals surface area (Å²) in [6.07, 6.45) is 1.78. The third-order valence-electron chi connectivity index (χ3n) is 4.69. The van der Waals surface area contributed by atoms with E-state index in [-0.39, 0.29) is 0 Å². The van der Waals surface area contributed by atoms with Crippen LogP contribution >= 0.6 is 0 Å². The number of rotatable bonds is 4. The molecule has 3 aromatic carbocycles. The van der Waals surface area contributed by atoms with Gasteiger partial charge in [-0.25, -0.2) is 5.48 Å². The predicted molar refractivity (Wildman–Crippen MR) is 105 cm³/mol. The first-order chi connectivity index (χ1) is 13.3. The summed E-state index contributed by atoms with van der Waals surface area (Å²) in [6.45, 7) is 0. The van der Waals surface area contributed by atoms with Crippen molar-refractivity contribution < 1.29 is 10.0 Å². The number of hydrogen-bond acceptors (Lipinski definition) is 3. The molecule has 0 aliphatic heterocycles. The lowest BCUT2D eigenvalue weighted by atomic mass is 9.89. The number of carbonyl (C=O) groups is 1. The molecule has 1 aromatic heterocycles. The summed E-state index contributed by atoms with van der Waals surface area (Å²) in [5, 5.41) is 10.2. The van der Waals surface area contributed by atoms with Crippen molar-refractivity contribution in [3.63, 3.8) is 0 Å². The Labute approximate surface area is 157 Å². The standard InChI is InChI=1S/C23H18N2O2/c26-23(25-27)22(17-5-2-1-3-6-17)18-10-8-16(9-11-18)19-12-13-21-20(15-19)7-4-14-24-21/h1-15,22,27H,(H,25,26). The number of nitrogens with one attached hydrogen (secondary N) is 1. The zero-order chi connectivity index (χ0) is 18.6. The SMILES string of the molecule is O=C(NO)C(c1ccccc1)c1ccc(-c2ccc3ncccc3c2)cc1. The van der Waals surface area contributed by atoms with E-state index in [2.05, 4.69) is 11.1 Å². The van der Waals surface area contributed by atoms with Gasteiger partial charge in [0.25, 0.3) is 5.91 Å². The molecule has 0 radical (unpaired) electrons. The lowest BCUT2D eigenvalue weighted by molar-refractivity contribution is -0.129. The van der Waals surface area contributed by atoms with Crippen molar-refractivity contribution in [3.05, 3.63) is 102 Å². The Morgan fingerprint density at radius 2 is 1.52 bits per heavy atom. The van der Waals surface area contributed by atoms with Gasteiger partial charge in [0, 0.05) is 11.6 Å². The monoisotopic (exact) mass is 354 g/mol. The van der Waals surface area contributed by atoms with Gasteiger partial charge in [-0.3, -0.25) is 15.0 Å². The number of aromatic nitrogens is 1. The maximum atomic E-state index is 12.2. The van der Waals surface area contributed by atoms with E-state index in [0.717, 1.165) is 33.2 Å². The summed E-state index contributed by atoms with van der Waals surface area (Å²) < 4.78 is 0. The van der Waals surface area contributed by atoms with E-state index in [9.17, 15) is 4.79 Å². The van der Waals surface area contributed by atoms with E-state index in [0.29, 0.717) is 0 Å². The first-order valence-electron chi connectivity index (χ1n) is 8.70. The molecular formula is C23H18N2O2. The Kier molecular flexibility index (Phi) is 4.64. The van der Waals surface area contributed by atoms with Crippen molar-refractivity contribution in [2.45, 2.75) is 5.92 Å². The molecule has 0 fully saturated rings. The van der Waals surface area contributed by atoms with Gasteiger partial charge in [-0.2, -0.15) is 0 Å². The van der Waals surface area contributed by atoms with E-state index in [4.69, 9.17) is 5.21 Å². The number of hydrogen-bond donors (Lipinski definition) is 2. The number of pyridine rings is 1. The molecule has 2 N–H and O–H groups in total. The van der Waals surface area contributed by atoms with Crippen LogP contribution < -0.4 is 5.48 Å². The van der Waals surface area contributed by atoms with E-state index in [1.807, 2.05) is 78.9 Å². The number of amides is 1. The maximum absolute atomic E-state index is 12.2. The number of carbonyl (C=O) groups excluding carboxylic acids is 1. The maximum Gasteiger partial charge on any atom is 0.255 e. The van der Waals surface area contributed by atoms with Crippen LogP contribution in [0.15, 0.2) is 91.1 Å². The van der Waals surface area contributed by atoms with E-state index in [1.165, 1.54) is 0 Å². The van der Waals surface area contributed by atoms with Gasteiger partial charge in [0.2, 0.25) is 0 Å². The molecule has 132 valence electrons. The molecule has 0 saturated heterocycles. The second-order valence-electron chi connectivity index (χ2n) is 6.35. The summed E-state index contributed by atoms with van der Waals surface area (Å²) in [7, 11) is 0. The molecule has 1 heterocycles. The molecule has 1 unspecified atom stereocenters. The van der Waals surface area contributed by atoms with Crippen LogP contribution in [0.2, 0.25) is 0 Å². The largest absolute Gasteiger partial charge is 0.289 e. The Balaban J connectivity index is 1.70. The minimum absolute atomic E-state index is 0.453. The van der Waals surface area contributed by atoms with Gasteiger partial charge < -0.3 is 0 Å². The normalized spacial score (nSPS) is 11.9. The summed E-state index contributed by atoms with van der Waals surface area (Å²) in [5.41, 5.74) is 6.53. The highest BCUT2D eigenvalue weighted by molar-refractivity contribution is 5.87. The molecule has 4 rings (SSSR count). The number of fused-ring (bicyclic) bond motifs is 1. The van der Waals surface area contributed by atoms with Crippen LogP contribution in [0.1, 0.15) is 17.0 Å². The fourth-order valence-electron chi connectivity index (χ4n) is 3.33. The zero-order valence-corrected chi connectivity index (χ0v) is 14.5. The van der Waals surface area contributed by atoms with Gasteiger partial charge in [0.15, 0.2) is 0 Å². The fourth-order valence-corrected chi connectivity index (χ4v) is 3.33. The van der Waals surface area contributed by atoms with Gasteiger partial charge in [-0.05, 0) is 40.5 Å². The van der Waals surface area contributed by atoms with Crippen molar-refractivity contribution in [2.24, 2.45) is 0 Å². The first kappa shape index (κ1) is 16.9. The van der Waals surface area contributed by atoms with Gasteiger partial charge in [-0.1, -0.05) is 66.7 Å². The topological polar surface area (TPSA) is 62.2 Å². The minimum atomic E-state index is -0.564. The van der Waals surface area contributed by atoms with Crippen LogP contribution in [0.3, 0.4) is 0 Å². The average molecular weight is 354 g/mol. The van der Waals surface area contributed by atoms with Crippen LogP contribution in [0, 0.1) is 0 Å². The van der Waals surface area contributed by atoms with Gasteiger partial charge in [0.05, 0.1) is 11.4 Å². The highest BCUT2D eigenvalue weighted by Crippen LogP contribution is 2.29. The third-order valence-corrected chi connectivity index (χ3v) is 4.69. The third kappa shape index (κ3) is 3.43. The lowest BCUT2D eigenvalue weighted by Crippen LogP contribution is -2.27. The molecule has 0 aliphatic carbocycles. The highest BCUT2D eigenvalue weighted by Gasteiger charge is 2.22. The van der Waals surface area contributed by atoms with Crippen LogP contribution in [-0.4, -0.2) is 16.1 Å². The van der Waals surface area contributed by atoms with Crippen molar-refractivity contribution in [3.8, 4) is 11.1 Å². The smallest absolute Gasteiger partial charge is 0.255 e. The Morgan fingerprint density at radius 3 is 2.26 bits per heavy atom. The van der Waals surface area contributed by atoms with Crippen molar-refractivity contribution >= 4 is 16.8 Å². The molecule has 1 amide bonds. The molecule has 0 bridgehead atoms. The molecule has 0 saturated carbocycles. The second kappa shape index (κ2) is 7.40. The lowest BCUT2D eigenvalue weighted by Gasteiger charge is -2.16. The Morgan fingerprint density at radius 1 is 0.815 bits per heavy atom. The Bertz CT molecular complexity index is 1080. The summed E-state index contributed by atoms with van der Waals surface area (Å²) >= 11 is 0. The molecule has 4 aromatic rings. The number of hydroxylamine groups is 1. The van der Waals surface area contributed by atoms with E-state index < -0.39 is 11.8 Å². The highest BCUT2D eigenvalue weighted by atomic mass is 16.5. The van der Waals surface area contributed by atoms with Gasteiger partial charge in [0.1, 0.15) is 0 Å². The van der Waals surface area contributed by atoms with E-state index in [1.54, 1.807) is 11.7 Å². The number of benzene rings is 3. The van der Waals surface area contributed by atoms with Gasteiger partial charge >= 0.3 is 0 Å². The number of nitrogens with zero attached hydrogens (tertiary/aromatic N) is 1. The van der Waals surface area contributed by atoms with Crippen LogP contribution in [0.25, 0.3) is 22.0 Å². The molecule has 0 spiro atoms. The van der Waals surface area contributed by atoms with Crippen molar-refractivity contribution in [1.82, 2.24) is 10.5 Å². The molecule has 0 aliphatic rings. The predicted octanol–water partition coefficient (Wildman–Crippen LogP) is 4.54. The van der Waals surface area contributed by atoms with Crippen molar-refractivity contribution in [1.29, 1.82) is 0 Å². The second-order valence-corrected chi connectivity index (χ2v) is 6.35. The Hall–Kier alpha value is -3.50. The van der Waals surface area contributed by atoms with Crippen LogP contribution in [0.4, 0.5) is 0 Å². The first-order valence-corrected chi connectivity index (χ1v) is 8.70. The van der Waals surface area contributed by atoms with E-state index >= 15 is 0 Å². The average Bonchev–Trinajstić information content (AvgIpc) is 2.74.